The van der Waals surface area contributed by atoms with Crippen molar-refractivity contribution in [1.82, 2.24) is 4.98 Å². The maximum absolute atomic E-state index is 13.2. The summed E-state index contributed by atoms with van der Waals surface area (Å²) in [6, 6.07) is 15.8. The van der Waals surface area contributed by atoms with Crippen LogP contribution < -0.4 is 10.6 Å². The van der Waals surface area contributed by atoms with E-state index in [2.05, 4.69) is 10.4 Å². The number of carbonyl (C=O) groups is 2. The van der Waals surface area contributed by atoms with Crippen molar-refractivity contribution in [2.45, 2.75) is 25.4 Å². The van der Waals surface area contributed by atoms with E-state index in [1.54, 1.807) is 18.3 Å². The maximum atomic E-state index is 13.2. The lowest BCUT2D eigenvalue weighted by Crippen LogP contribution is -2.52. The van der Waals surface area contributed by atoms with Crippen LogP contribution in [0, 0.1) is 0 Å². The highest BCUT2D eigenvalue weighted by molar-refractivity contribution is 7.08. The quantitative estimate of drug-likeness (QED) is 0.412. The Balaban J connectivity index is 1.74. The van der Waals surface area contributed by atoms with Gasteiger partial charge in [0, 0.05) is 29.2 Å². The molecule has 4 aromatic rings. The summed E-state index contributed by atoms with van der Waals surface area (Å²) in [6.07, 6.45) is 2.16. The van der Waals surface area contributed by atoms with E-state index in [-0.39, 0.29) is 5.91 Å². The van der Waals surface area contributed by atoms with Crippen LogP contribution in [0.4, 0.5) is 5.69 Å². The van der Waals surface area contributed by atoms with Crippen molar-refractivity contribution in [3.8, 4) is 11.1 Å². The minimum atomic E-state index is -0.857. The second kappa shape index (κ2) is 9.38. The molecule has 2 atom stereocenters. The number of carbonyl (C=O) groups excluding carboxylic acids is 2. The van der Waals surface area contributed by atoms with Crippen LogP contribution in [-0.2, 0) is 20.7 Å². The summed E-state index contributed by atoms with van der Waals surface area (Å²) < 4.78 is 5.11. The fraction of sp³-hybridized carbons (Fsp3) is 0.200. The number of nitrogens with zero attached hydrogens (tertiary/aromatic N) is 1. The molecule has 0 saturated carbocycles. The zero-order valence-corrected chi connectivity index (χ0v) is 18.8. The molecule has 0 aliphatic carbocycles. The Bertz CT molecular complexity index is 1210. The van der Waals surface area contributed by atoms with Gasteiger partial charge in [-0.25, -0.2) is 4.79 Å². The molecule has 1 amide bonds. The molecule has 0 aliphatic heterocycles. The number of para-hydroxylation sites is 1. The Morgan fingerprint density at radius 2 is 1.84 bits per heavy atom. The maximum Gasteiger partial charge on any atom is 0.329 e. The summed E-state index contributed by atoms with van der Waals surface area (Å²) in [5, 5.41) is 5.08. The van der Waals surface area contributed by atoms with Gasteiger partial charge in [-0.1, -0.05) is 30.3 Å². The predicted molar refractivity (Wildman–Crippen MR) is 129 cm³/mol. The number of amides is 1. The molecule has 7 heteroatoms. The largest absolute Gasteiger partial charge is 0.467 e. The van der Waals surface area contributed by atoms with Crippen molar-refractivity contribution in [3.63, 3.8) is 0 Å². The van der Waals surface area contributed by atoms with E-state index < -0.39 is 18.1 Å². The van der Waals surface area contributed by atoms with Gasteiger partial charge in [-0.15, -0.1) is 0 Å². The number of nitrogens with two attached hydrogens (primary N) is 1. The Morgan fingerprint density at radius 3 is 2.50 bits per heavy atom. The van der Waals surface area contributed by atoms with Gasteiger partial charge in [-0.05, 0) is 58.6 Å². The molecular weight excluding hydrogens is 422 g/mol. The lowest BCUT2D eigenvalue weighted by atomic mass is 10.0. The van der Waals surface area contributed by atoms with Gasteiger partial charge in [0.05, 0.1) is 13.2 Å². The number of ether oxygens (including phenoxy) is 1. The smallest absolute Gasteiger partial charge is 0.329 e. The number of nitrogens with one attached hydrogen (secondary N) is 1. The van der Waals surface area contributed by atoms with Crippen molar-refractivity contribution < 1.29 is 14.3 Å². The van der Waals surface area contributed by atoms with Crippen LogP contribution in [0.3, 0.4) is 0 Å². The van der Waals surface area contributed by atoms with Gasteiger partial charge >= 0.3 is 5.97 Å². The molecule has 6 nitrogen and oxygen atoms in total. The highest BCUT2D eigenvalue weighted by Crippen LogP contribution is 2.28. The van der Waals surface area contributed by atoms with Crippen LogP contribution in [0.25, 0.3) is 22.0 Å². The van der Waals surface area contributed by atoms with Crippen molar-refractivity contribution in [3.05, 3.63) is 77.1 Å². The Labute approximate surface area is 190 Å². The predicted octanol–water partition coefficient (Wildman–Crippen LogP) is 4.36. The highest BCUT2D eigenvalue weighted by atomic mass is 32.1. The standard InChI is InChI=1S/C25H25N3O3S/c1-16(26)24(29)28(20-9-7-17(8-10-20)18-11-12-32-15-18)23(25(30)31-2)13-19-14-27-22-6-4-3-5-21(19)22/h3-12,14-16,23,27H,13,26H2,1-2H3/t16-,23-/m0/s1. The van der Waals surface area contributed by atoms with E-state index in [0.717, 1.165) is 27.6 Å². The first kappa shape index (κ1) is 21.8. The summed E-state index contributed by atoms with van der Waals surface area (Å²) >= 11 is 1.62. The number of rotatable bonds is 7. The number of aromatic nitrogens is 1. The number of thiophene rings is 1. The third kappa shape index (κ3) is 4.30. The number of fused-ring (bicyclic) bond motifs is 1. The normalized spacial score (nSPS) is 13.0. The van der Waals surface area contributed by atoms with Crippen LogP contribution in [0.2, 0.25) is 0 Å². The van der Waals surface area contributed by atoms with Crippen molar-refractivity contribution in [2.75, 3.05) is 12.0 Å². The SMILES string of the molecule is COC(=O)[C@H](Cc1c[nH]c2ccccc12)N(C(=O)[C@H](C)N)c1ccc(-c2ccsc2)cc1. The van der Waals surface area contributed by atoms with Gasteiger partial charge < -0.3 is 15.5 Å². The molecule has 32 heavy (non-hydrogen) atoms. The summed E-state index contributed by atoms with van der Waals surface area (Å²) in [7, 11) is 1.33. The molecule has 0 spiro atoms. The molecule has 0 saturated heterocycles. The summed E-state index contributed by atoms with van der Waals surface area (Å²) in [6.45, 7) is 1.62. The summed E-state index contributed by atoms with van der Waals surface area (Å²) in [4.78, 5) is 30.8. The Hall–Kier alpha value is -3.42. The van der Waals surface area contributed by atoms with Crippen LogP contribution in [-0.4, -0.2) is 36.1 Å². The van der Waals surface area contributed by atoms with Gasteiger partial charge in [0.15, 0.2) is 0 Å². The van der Waals surface area contributed by atoms with Gasteiger partial charge in [0.1, 0.15) is 6.04 Å². The molecule has 2 aromatic carbocycles. The van der Waals surface area contributed by atoms with Crippen molar-refractivity contribution in [2.24, 2.45) is 5.73 Å². The van der Waals surface area contributed by atoms with E-state index in [0.29, 0.717) is 12.1 Å². The number of hydrogen-bond donors (Lipinski definition) is 2. The van der Waals surface area contributed by atoms with Crippen LogP contribution in [0.1, 0.15) is 12.5 Å². The average molecular weight is 448 g/mol. The molecule has 0 aliphatic rings. The van der Waals surface area contributed by atoms with Gasteiger partial charge in [-0.2, -0.15) is 11.3 Å². The molecular formula is C25H25N3O3S. The minimum absolute atomic E-state index is 0.293. The van der Waals surface area contributed by atoms with E-state index in [1.165, 1.54) is 12.0 Å². The van der Waals surface area contributed by atoms with Crippen LogP contribution in [0.15, 0.2) is 71.6 Å². The summed E-state index contributed by atoms with van der Waals surface area (Å²) in [5.74, 6) is -0.838. The molecule has 0 fully saturated rings. The number of benzene rings is 2. The third-order valence-corrected chi connectivity index (χ3v) is 6.18. The molecule has 0 radical (unpaired) electrons. The molecule has 164 valence electrons. The average Bonchev–Trinajstić information content (AvgIpc) is 3.49. The topological polar surface area (TPSA) is 88.4 Å². The number of anilines is 1. The van der Waals surface area contributed by atoms with Gasteiger partial charge in [0.2, 0.25) is 5.91 Å². The molecule has 4 rings (SSSR count). The minimum Gasteiger partial charge on any atom is -0.467 e. The Kier molecular flexibility index (Phi) is 6.39. The van der Waals surface area contributed by atoms with Crippen LogP contribution >= 0.6 is 11.3 Å². The van der Waals surface area contributed by atoms with E-state index in [9.17, 15) is 9.59 Å². The van der Waals surface area contributed by atoms with E-state index in [1.807, 2.05) is 66.2 Å². The lowest BCUT2D eigenvalue weighted by Gasteiger charge is -2.31. The Morgan fingerprint density at radius 1 is 1.09 bits per heavy atom. The van der Waals surface area contributed by atoms with Crippen LogP contribution in [0.5, 0.6) is 0 Å². The van der Waals surface area contributed by atoms with Crippen molar-refractivity contribution >= 4 is 39.8 Å². The van der Waals surface area contributed by atoms with Crippen molar-refractivity contribution in [1.29, 1.82) is 0 Å². The molecule has 2 aromatic heterocycles. The zero-order chi connectivity index (χ0) is 22.7. The second-order valence-electron chi connectivity index (χ2n) is 7.66. The second-order valence-corrected chi connectivity index (χ2v) is 8.44. The zero-order valence-electron chi connectivity index (χ0n) is 17.9. The molecule has 3 N–H and O–H groups in total. The van der Waals surface area contributed by atoms with Gasteiger partial charge in [0.25, 0.3) is 0 Å². The lowest BCUT2D eigenvalue weighted by molar-refractivity contribution is -0.143. The van der Waals surface area contributed by atoms with E-state index >= 15 is 0 Å². The number of hydrogen-bond acceptors (Lipinski definition) is 5. The first-order chi connectivity index (χ1) is 15.5. The number of methoxy groups -OCH3 is 1. The fourth-order valence-electron chi connectivity index (χ4n) is 3.85. The first-order valence-electron chi connectivity index (χ1n) is 10.3. The first-order valence-corrected chi connectivity index (χ1v) is 11.3. The van der Waals surface area contributed by atoms with E-state index in [4.69, 9.17) is 10.5 Å². The monoisotopic (exact) mass is 447 g/mol. The number of H-pyrrole nitrogens is 1. The van der Waals surface area contributed by atoms with Gasteiger partial charge in [-0.3, -0.25) is 9.69 Å². The number of esters is 1. The summed E-state index contributed by atoms with van der Waals surface area (Å²) in [5.41, 5.74) is 10.6. The molecule has 0 bridgehead atoms. The number of aromatic amines is 1. The fourth-order valence-corrected chi connectivity index (χ4v) is 4.51. The third-order valence-electron chi connectivity index (χ3n) is 5.50. The molecule has 0 unspecified atom stereocenters. The highest BCUT2D eigenvalue weighted by Gasteiger charge is 2.34. The molecule has 2 heterocycles.